The van der Waals surface area contributed by atoms with Gasteiger partial charge in [-0.05, 0) is 37.1 Å². The summed E-state index contributed by atoms with van der Waals surface area (Å²) in [6.07, 6.45) is -0.438. The summed E-state index contributed by atoms with van der Waals surface area (Å²) in [6, 6.07) is 4.11. The maximum Gasteiger partial charge on any atom is 0.122 e. The number of hydrogen-bond donors (Lipinski definition) is 2. The lowest BCUT2D eigenvalue weighted by Crippen LogP contribution is -2.21. The molecule has 0 amide bonds. The molecule has 0 radical (unpaired) electrons. The molecule has 0 aliphatic rings. The molecule has 0 aromatic heterocycles. The van der Waals surface area contributed by atoms with Crippen LogP contribution < -0.4 is 10.5 Å². The first kappa shape index (κ1) is 13.4. The molecule has 3 N–H and O–H groups in total. The average molecular weight is 241 g/mol. The molecule has 0 aliphatic heterocycles. The molecule has 16 heavy (non-hydrogen) atoms. The number of aryl methyl sites for hydroxylation is 2. The van der Waals surface area contributed by atoms with Gasteiger partial charge in [-0.25, -0.2) is 0 Å². The zero-order valence-corrected chi connectivity index (χ0v) is 10.8. The molecule has 1 unspecified atom stereocenters. The van der Waals surface area contributed by atoms with Gasteiger partial charge in [-0.15, -0.1) is 11.8 Å². The third kappa shape index (κ3) is 3.40. The first-order valence-electron chi connectivity index (χ1n) is 5.24. The van der Waals surface area contributed by atoms with Gasteiger partial charge in [-0.1, -0.05) is 0 Å². The number of rotatable bonds is 5. The first-order chi connectivity index (χ1) is 7.58. The first-order valence-corrected chi connectivity index (χ1v) is 6.23. The van der Waals surface area contributed by atoms with E-state index in [0.29, 0.717) is 12.3 Å². The fraction of sp³-hybridized carbons (Fsp3) is 0.500. The van der Waals surface area contributed by atoms with E-state index in [1.54, 1.807) is 18.9 Å². The fourth-order valence-corrected chi connectivity index (χ4v) is 2.45. The molecular weight excluding hydrogens is 222 g/mol. The van der Waals surface area contributed by atoms with Crippen molar-refractivity contribution in [1.82, 2.24) is 0 Å². The Labute approximate surface area is 101 Å². The molecule has 0 aliphatic carbocycles. The summed E-state index contributed by atoms with van der Waals surface area (Å²) >= 11 is 1.63. The van der Waals surface area contributed by atoms with Crippen LogP contribution in [0.2, 0.25) is 0 Å². The van der Waals surface area contributed by atoms with E-state index < -0.39 is 6.10 Å². The van der Waals surface area contributed by atoms with Crippen LogP contribution in [0, 0.1) is 13.8 Å². The minimum absolute atomic E-state index is 0.307. The van der Waals surface area contributed by atoms with Crippen LogP contribution in [0.15, 0.2) is 17.0 Å². The highest BCUT2D eigenvalue weighted by atomic mass is 32.2. The van der Waals surface area contributed by atoms with Crippen LogP contribution in [0.5, 0.6) is 5.75 Å². The number of ether oxygens (including phenoxy) is 1. The van der Waals surface area contributed by atoms with Gasteiger partial charge in [-0.3, -0.25) is 0 Å². The summed E-state index contributed by atoms with van der Waals surface area (Å²) in [5.74, 6) is 1.53. The van der Waals surface area contributed by atoms with E-state index in [1.165, 1.54) is 4.90 Å². The van der Waals surface area contributed by atoms with Gasteiger partial charge in [0.05, 0.1) is 13.2 Å². The van der Waals surface area contributed by atoms with Crippen molar-refractivity contribution in [2.45, 2.75) is 24.8 Å². The molecule has 4 heteroatoms. The number of methoxy groups -OCH3 is 1. The lowest BCUT2D eigenvalue weighted by molar-refractivity contribution is 0.208. The van der Waals surface area contributed by atoms with Gasteiger partial charge in [0.25, 0.3) is 0 Å². The normalized spacial score (nSPS) is 12.6. The van der Waals surface area contributed by atoms with E-state index in [0.717, 1.165) is 16.9 Å². The zero-order valence-electron chi connectivity index (χ0n) is 9.99. The number of aliphatic hydroxyl groups is 1. The van der Waals surface area contributed by atoms with Crippen molar-refractivity contribution in [1.29, 1.82) is 0 Å². The third-order valence-corrected chi connectivity index (χ3v) is 3.70. The number of benzene rings is 1. The lowest BCUT2D eigenvalue weighted by atomic mass is 10.1. The summed E-state index contributed by atoms with van der Waals surface area (Å²) in [6.45, 7) is 4.36. The Morgan fingerprint density at radius 3 is 2.62 bits per heavy atom. The molecule has 1 atom stereocenters. The van der Waals surface area contributed by atoms with Gasteiger partial charge in [-0.2, -0.15) is 0 Å². The van der Waals surface area contributed by atoms with E-state index in [2.05, 4.69) is 6.07 Å². The maximum absolute atomic E-state index is 9.41. The van der Waals surface area contributed by atoms with Crippen LogP contribution in [0.4, 0.5) is 0 Å². The summed E-state index contributed by atoms with van der Waals surface area (Å²) < 4.78 is 5.25. The van der Waals surface area contributed by atoms with Crippen LogP contribution >= 0.6 is 11.8 Å². The average Bonchev–Trinajstić information content (AvgIpc) is 2.29. The molecule has 0 spiro atoms. The van der Waals surface area contributed by atoms with Crippen molar-refractivity contribution in [2.75, 3.05) is 19.4 Å². The smallest absolute Gasteiger partial charge is 0.122 e. The summed E-state index contributed by atoms with van der Waals surface area (Å²) in [7, 11) is 1.67. The van der Waals surface area contributed by atoms with Crippen LogP contribution in [-0.2, 0) is 0 Å². The predicted molar refractivity (Wildman–Crippen MR) is 68.3 cm³/mol. The van der Waals surface area contributed by atoms with Crippen LogP contribution in [0.3, 0.4) is 0 Å². The summed E-state index contributed by atoms with van der Waals surface area (Å²) in [5.41, 5.74) is 7.64. The highest BCUT2D eigenvalue weighted by Gasteiger charge is 2.07. The van der Waals surface area contributed by atoms with Crippen molar-refractivity contribution in [3.05, 3.63) is 23.3 Å². The molecule has 0 fully saturated rings. The topological polar surface area (TPSA) is 55.5 Å². The SMILES string of the molecule is COc1cc(C)c(SCC(O)CN)cc1C. The summed E-state index contributed by atoms with van der Waals surface area (Å²) in [5, 5.41) is 9.41. The maximum atomic E-state index is 9.41. The van der Waals surface area contributed by atoms with Crippen molar-refractivity contribution in [3.63, 3.8) is 0 Å². The second kappa shape index (κ2) is 6.13. The van der Waals surface area contributed by atoms with E-state index in [1.807, 2.05) is 19.9 Å². The molecular formula is C12H19NO2S. The van der Waals surface area contributed by atoms with Crippen LogP contribution in [-0.4, -0.2) is 30.6 Å². The molecule has 3 nitrogen and oxygen atoms in total. The largest absolute Gasteiger partial charge is 0.496 e. The van der Waals surface area contributed by atoms with Crippen molar-refractivity contribution >= 4 is 11.8 Å². The molecule has 0 heterocycles. The standard InChI is InChI=1S/C12H19NO2S/c1-8-5-12(16-7-10(14)6-13)9(2)4-11(8)15-3/h4-5,10,14H,6-7,13H2,1-3H3. The minimum Gasteiger partial charge on any atom is -0.496 e. The Hall–Kier alpha value is -0.710. The molecule has 1 aromatic rings. The van der Waals surface area contributed by atoms with E-state index in [9.17, 15) is 5.11 Å². The second-order valence-electron chi connectivity index (χ2n) is 3.79. The molecule has 90 valence electrons. The fourth-order valence-electron chi connectivity index (χ4n) is 1.39. The number of hydrogen-bond acceptors (Lipinski definition) is 4. The minimum atomic E-state index is -0.438. The van der Waals surface area contributed by atoms with Crippen molar-refractivity contribution in [2.24, 2.45) is 5.73 Å². The molecule has 0 saturated carbocycles. The monoisotopic (exact) mass is 241 g/mol. The Morgan fingerprint density at radius 1 is 1.38 bits per heavy atom. The van der Waals surface area contributed by atoms with Crippen molar-refractivity contribution in [3.8, 4) is 5.75 Å². The van der Waals surface area contributed by atoms with Gasteiger partial charge in [0.1, 0.15) is 5.75 Å². The third-order valence-electron chi connectivity index (χ3n) is 2.40. The molecule has 1 aromatic carbocycles. The Bertz CT molecular complexity index is 355. The van der Waals surface area contributed by atoms with Gasteiger partial charge in [0.15, 0.2) is 0 Å². The highest BCUT2D eigenvalue weighted by molar-refractivity contribution is 7.99. The van der Waals surface area contributed by atoms with Crippen molar-refractivity contribution < 1.29 is 9.84 Å². The van der Waals surface area contributed by atoms with E-state index in [-0.39, 0.29) is 0 Å². The van der Waals surface area contributed by atoms with E-state index >= 15 is 0 Å². The Balaban J connectivity index is 2.77. The molecule has 1 rings (SSSR count). The van der Waals surface area contributed by atoms with Crippen LogP contribution in [0.25, 0.3) is 0 Å². The Kier molecular flexibility index (Phi) is 5.12. The zero-order chi connectivity index (χ0) is 12.1. The van der Waals surface area contributed by atoms with E-state index in [4.69, 9.17) is 10.5 Å². The number of thioether (sulfide) groups is 1. The van der Waals surface area contributed by atoms with Crippen LogP contribution in [0.1, 0.15) is 11.1 Å². The predicted octanol–water partition coefficient (Wildman–Crippen LogP) is 1.72. The second-order valence-corrected chi connectivity index (χ2v) is 4.85. The molecule has 0 bridgehead atoms. The highest BCUT2D eigenvalue weighted by Crippen LogP contribution is 2.29. The summed E-state index contributed by atoms with van der Waals surface area (Å²) in [4.78, 5) is 1.17. The number of nitrogens with two attached hydrogens (primary N) is 1. The number of aliphatic hydroxyl groups excluding tert-OH is 1. The lowest BCUT2D eigenvalue weighted by Gasteiger charge is -2.12. The molecule has 0 saturated heterocycles. The Morgan fingerprint density at radius 2 is 2.06 bits per heavy atom. The quantitative estimate of drug-likeness (QED) is 0.771. The van der Waals surface area contributed by atoms with Gasteiger partial charge in [0.2, 0.25) is 0 Å². The van der Waals surface area contributed by atoms with Gasteiger partial charge < -0.3 is 15.6 Å². The van der Waals surface area contributed by atoms with Gasteiger partial charge in [0, 0.05) is 17.2 Å². The van der Waals surface area contributed by atoms with Gasteiger partial charge >= 0.3 is 0 Å².